The zero-order chi connectivity index (χ0) is 21.1. The predicted molar refractivity (Wildman–Crippen MR) is 105 cm³/mol. The minimum absolute atomic E-state index is 0.0326. The molecule has 1 unspecified atom stereocenters. The van der Waals surface area contributed by atoms with Gasteiger partial charge in [-0.2, -0.15) is 9.37 Å². The second-order valence-corrected chi connectivity index (χ2v) is 6.96. The molecule has 1 aliphatic rings. The molecule has 3 rings (SSSR count). The van der Waals surface area contributed by atoms with E-state index in [-0.39, 0.29) is 18.5 Å². The zero-order valence-corrected chi connectivity index (χ0v) is 16.1. The first kappa shape index (κ1) is 20.7. The highest BCUT2D eigenvalue weighted by Crippen LogP contribution is 2.19. The lowest BCUT2D eigenvalue weighted by Crippen LogP contribution is -2.22. The highest BCUT2D eigenvalue weighted by atomic mass is 19.2. The van der Waals surface area contributed by atoms with E-state index >= 15 is 0 Å². The van der Waals surface area contributed by atoms with Crippen LogP contribution in [-0.2, 0) is 6.54 Å². The molecule has 29 heavy (non-hydrogen) atoms. The van der Waals surface area contributed by atoms with E-state index in [2.05, 4.69) is 15.6 Å². The Balaban J connectivity index is 1.97. The average Bonchev–Trinajstić information content (AvgIpc) is 3.06. The first-order valence-electron chi connectivity index (χ1n) is 9.12. The first-order valence-corrected chi connectivity index (χ1v) is 9.12. The van der Waals surface area contributed by atoms with Crippen LogP contribution in [0.1, 0.15) is 25.8 Å². The number of nitrogens with one attached hydrogen (secondary N) is 2. The summed E-state index contributed by atoms with van der Waals surface area (Å²) in [5, 5.41) is 6.28. The van der Waals surface area contributed by atoms with Crippen LogP contribution in [-0.4, -0.2) is 22.1 Å². The Hall–Kier alpha value is -3.07. The van der Waals surface area contributed by atoms with E-state index in [1.165, 1.54) is 10.6 Å². The number of rotatable bonds is 5. The maximum atomic E-state index is 13.9. The number of nitrogens with two attached hydrogens (primary N) is 1. The lowest BCUT2D eigenvalue weighted by atomic mass is 10.1. The summed E-state index contributed by atoms with van der Waals surface area (Å²) in [6, 6.07) is 3.54. The van der Waals surface area contributed by atoms with Crippen molar-refractivity contribution >= 4 is 5.95 Å². The summed E-state index contributed by atoms with van der Waals surface area (Å²) in [6.07, 6.45) is 3.69. The smallest absolute Gasteiger partial charge is 0.310 e. The molecule has 1 aliphatic heterocycles. The third-order valence-electron chi connectivity index (χ3n) is 4.71. The lowest BCUT2D eigenvalue weighted by Gasteiger charge is -2.16. The summed E-state index contributed by atoms with van der Waals surface area (Å²) in [6.45, 7) is 4.53. The van der Waals surface area contributed by atoms with Crippen LogP contribution in [0.2, 0.25) is 0 Å². The van der Waals surface area contributed by atoms with Crippen molar-refractivity contribution < 1.29 is 13.2 Å². The van der Waals surface area contributed by atoms with E-state index in [9.17, 15) is 18.0 Å². The van der Waals surface area contributed by atoms with E-state index in [0.29, 0.717) is 17.0 Å². The standard InChI is InChI=1S/C20H22F3N5O/c1-11(24)18(8-14-5-6-25-12(14)2)26-20-27-19(29)17(23)10-28(20)9-13-3-4-15(21)16(22)7-13/h3-4,7-8,10,12,25H,5-6,9,24H2,1-2H3,(H,26,27,29)/b14-8-,18-11+. The molecule has 0 saturated carbocycles. The van der Waals surface area contributed by atoms with Crippen LogP contribution in [0.25, 0.3) is 0 Å². The fraction of sp³-hybridized carbons (Fsp3) is 0.300. The maximum Gasteiger partial charge on any atom is 0.310 e. The SMILES string of the molecule is C/C(N)=C(/C=C1/CCNC1C)Nc1nc(=O)c(F)cn1Cc1ccc(F)c(F)c1. The van der Waals surface area contributed by atoms with Crippen molar-refractivity contribution in [3.8, 4) is 0 Å². The van der Waals surface area contributed by atoms with Crippen molar-refractivity contribution in [3.05, 3.63) is 80.8 Å². The molecule has 0 spiro atoms. The third kappa shape index (κ3) is 4.86. The average molecular weight is 405 g/mol. The van der Waals surface area contributed by atoms with Gasteiger partial charge in [-0.05, 0) is 50.6 Å². The van der Waals surface area contributed by atoms with Crippen LogP contribution in [0.15, 0.2) is 52.2 Å². The van der Waals surface area contributed by atoms with Gasteiger partial charge in [-0.3, -0.25) is 4.79 Å². The molecule has 0 radical (unpaired) electrons. The van der Waals surface area contributed by atoms with Crippen LogP contribution in [0.5, 0.6) is 0 Å². The molecule has 1 aromatic heterocycles. The number of aromatic nitrogens is 2. The Morgan fingerprint density at radius 3 is 2.72 bits per heavy atom. The Morgan fingerprint density at radius 2 is 2.10 bits per heavy atom. The van der Waals surface area contributed by atoms with Gasteiger partial charge in [-0.1, -0.05) is 11.6 Å². The number of nitrogens with zero attached hydrogens (tertiary/aromatic N) is 2. The monoisotopic (exact) mass is 405 g/mol. The van der Waals surface area contributed by atoms with Crippen LogP contribution in [0.3, 0.4) is 0 Å². The predicted octanol–water partition coefficient (Wildman–Crippen LogP) is 2.62. The molecule has 9 heteroatoms. The number of hydrogen-bond acceptors (Lipinski definition) is 5. The van der Waals surface area contributed by atoms with Crippen molar-refractivity contribution in [1.82, 2.24) is 14.9 Å². The Bertz CT molecular complexity index is 1040. The molecule has 1 fully saturated rings. The van der Waals surface area contributed by atoms with Crippen molar-refractivity contribution in [1.29, 1.82) is 0 Å². The van der Waals surface area contributed by atoms with Crippen LogP contribution in [0, 0.1) is 17.5 Å². The van der Waals surface area contributed by atoms with Crippen LogP contribution < -0.4 is 21.9 Å². The second kappa shape index (κ2) is 8.52. The van der Waals surface area contributed by atoms with Gasteiger partial charge >= 0.3 is 5.56 Å². The molecule has 0 bridgehead atoms. The molecule has 6 nitrogen and oxygen atoms in total. The maximum absolute atomic E-state index is 13.9. The third-order valence-corrected chi connectivity index (χ3v) is 4.71. The van der Waals surface area contributed by atoms with E-state index < -0.39 is 23.0 Å². The molecule has 1 aromatic carbocycles. The lowest BCUT2D eigenvalue weighted by molar-refractivity contribution is 0.506. The molecule has 0 aliphatic carbocycles. The quantitative estimate of drug-likeness (QED) is 0.712. The fourth-order valence-corrected chi connectivity index (χ4v) is 3.05. The van der Waals surface area contributed by atoms with Gasteiger partial charge in [0.05, 0.1) is 12.2 Å². The van der Waals surface area contributed by atoms with Crippen molar-refractivity contribution in [2.24, 2.45) is 5.73 Å². The number of hydrogen-bond donors (Lipinski definition) is 3. The van der Waals surface area contributed by atoms with E-state index in [0.717, 1.165) is 36.9 Å². The fourth-order valence-electron chi connectivity index (χ4n) is 3.05. The van der Waals surface area contributed by atoms with Crippen LogP contribution in [0.4, 0.5) is 19.1 Å². The largest absolute Gasteiger partial charge is 0.401 e. The number of benzene rings is 1. The molecule has 2 aromatic rings. The number of anilines is 1. The molecule has 1 saturated heterocycles. The Labute approximate surface area is 165 Å². The van der Waals surface area contributed by atoms with Gasteiger partial charge in [-0.25, -0.2) is 8.78 Å². The molecule has 1 atom stereocenters. The van der Waals surface area contributed by atoms with Crippen molar-refractivity contribution in [3.63, 3.8) is 0 Å². The second-order valence-electron chi connectivity index (χ2n) is 6.96. The summed E-state index contributed by atoms with van der Waals surface area (Å²) in [5.41, 5.74) is 7.42. The zero-order valence-electron chi connectivity index (χ0n) is 16.1. The number of allylic oxidation sites excluding steroid dienone is 2. The van der Waals surface area contributed by atoms with Gasteiger partial charge in [-0.15, -0.1) is 0 Å². The molecular weight excluding hydrogens is 383 g/mol. The highest BCUT2D eigenvalue weighted by Gasteiger charge is 2.17. The summed E-state index contributed by atoms with van der Waals surface area (Å²) in [7, 11) is 0. The van der Waals surface area contributed by atoms with Gasteiger partial charge in [0, 0.05) is 17.9 Å². The van der Waals surface area contributed by atoms with Gasteiger partial charge in [0.25, 0.3) is 0 Å². The van der Waals surface area contributed by atoms with Crippen molar-refractivity contribution in [2.75, 3.05) is 11.9 Å². The molecular formula is C20H22F3N5O. The summed E-state index contributed by atoms with van der Waals surface area (Å²) in [5.74, 6) is -3.01. The number of halogens is 3. The van der Waals surface area contributed by atoms with Gasteiger partial charge in [0.15, 0.2) is 11.6 Å². The van der Waals surface area contributed by atoms with E-state index in [4.69, 9.17) is 5.73 Å². The van der Waals surface area contributed by atoms with Crippen molar-refractivity contribution in [2.45, 2.75) is 32.9 Å². The van der Waals surface area contributed by atoms with E-state index in [1.807, 2.05) is 13.0 Å². The molecule has 2 heterocycles. The molecule has 0 amide bonds. The van der Waals surface area contributed by atoms with Crippen LogP contribution >= 0.6 is 0 Å². The first-order chi connectivity index (χ1) is 13.7. The minimum atomic E-state index is -1.06. The molecule has 4 N–H and O–H groups in total. The van der Waals surface area contributed by atoms with Gasteiger partial charge < -0.3 is 20.9 Å². The van der Waals surface area contributed by atoms with Gasteiger partial charge in [0.1, 0.15) is 0 Å². The minimum Gasteiger partial charge on any atom is -0.401 e. The highest BCUT2D eigenvalue weighted by molar-refractivity contribution is 5.44. The summed E-state index contributed by atoms with van der Waals surface area (Å²) >= 11 is 0. The summed E-state index contributed by atoms with van der Waals surface area (Å²) < 4.78 is 41.9. The van der Waals surface area contributed by atoms with Gasteiger partial charge in [0.2, 0.25) is 11.8 Å². The normalized spacial score (nSPS) is 18.8. The van der Waals surface area contributed by atoms with E-state index in [1.54, 1.807) is 6.92 Å². The topological polar surface area (TPSA) is 85.0 Å². The molecule has 154 valence electrons. The Kier molecular flexibility index (Phi) is 6.07. The summed E-state index contributed by atoms with van der Waals surface area (Å²) in [4.78, 5) is 15.5. The Morgan fingerprint density at radius 1 is 1.34 bits per heavy atom.